The van der Waals surface area contributed by atoms with Crippen molar-refractivity contribution in [2.45, 2.75) is 31.4 Å². The summed E-state index contributed by atoms with van der Waals surface area (Å²) in [6, 6.07) is 8.70. The molecule has 0 N–H and O–H groups in total. The molecule has 2 fully saturated rings. The Hall–Kier alpha value is -1.05. The number of nitrogens with zero attached hydrogens (tertiary/aromatic N) is 2. The molecule has 0 bridgehead atoms. The van der Waals surface area contributed by atoms with E-state index >= 15 is 0 Å². The molecule has 1 aliphatic carbocycles. The van der Waals surface area contributed by atoms with Gasteiger partial charge in [-0.2, -0.15) is 5.26 Å². The average Bonchev–Trinajstić information content (AvgIpc) is 2.86. The van der Waals surface area contributed by atoms with Gasteiger partial charge >= 0.3 is 0 Å². The first-order valence-electron chi connectivity index (χ1n) is 6.37. The van der Waals surface area contributed by atoms with Gasteiger partial charge in [-0.1, -0.05) is 15.9 Å². The van der Waals surface area contributed by atoms with Crippen LogP contribution in [0.3, 0.4) is 0 Å². The number of morpholine rings is 1. The summed E-state index contributed by atoms with van der Waals surface area (Å²) in [4.78, 5) is 2.37. The number of ether oxygens (including phenoxy) is 1. The molecule has 1 aliphatic heterocycles. The smallest absolute Gasteiger partial charge is 0.101 e. The van der Waals surface area contributed by atoms with Gasteiger partial charge in [0.2, 0.25) is 0 Å². The summed E-state index contributed by atoms with van der Waals surface area (Å²) in [6.45, 7) is 1.65. The van der Waals surface area contributed by atoms with Crippen LogP contribution in [0, 0.1) is 11.3 Å². The molecular formula is C14H15BrN2O. The minimum atomic E-state index is 0.355. The van der Waals surface area contributed by atoms with E-state index in [-0.39, 0.29) is 0 Å². The highest BCUT2D eigenvalue weighted by atomic mass is 79.9. The van der Waals surface area contributed by atoms with Crippen LogP contribution in [0.2, 0.25) is 0 Å². The Kier molecular flexibility index (Phi) is 3.27. The minimum absolute atomic E-state index is 0.355. The highest BCUT2D eigenvalue weighted by Crippen LogP contribution is 2.35. The van der Waals surface area contributed by atoms with Crippen LogP contribution in [0.25, 0.3) is 0 Å². The number of halogens is 1. The third-order valence-corrected chi connectivity index (χ3v) is 4.36. The Morgan fingerprint density at radius 3 is 3.11 bits per heavy atom. The van der Waals surface area contributed by atoms with Crippen LogP contribution < -0.4 is 4.90 Å². The number of rotatable bonds is 1. The summed E-state index contributed by atoms with van der Waals surface area (Å²) in [5, 5.41) is 9.29. The lowest BCUT2D eigenvalue weighted by Crippen LogP contribution is -2.48. The van der Waals surface area contributed by atoms with Crippen molar-refractivity contribution >= 4 is 21.6 Å². The summed E-state index contributed by atoms with van der Waals surface area (Å²) in [5.41, 5.74) is 1.80. The van der Waals surface area contributed by atoms with Crippen molar-refractivity contribution in [1.29, 1.82) is 5.26 Å². The largest absolute Gasteiger partial charge is 0.374 e. The van der Waals surface area contributed by atoms with E-state index in [0.717, 1.165) is 35.3 Å². The average molecular weight is 307 g/mol. The van der Waals surface area contributed by atoms with E-state index < -0.39 is 0 Å². The van der Waals surface area contributed by atoms with Gasteiger partial charge < -0.3 is 9.64 Å². The van der Waals surface area contributed by atoms with Crippen LogP contribution in [-0.4, -0.2) is 25.3 Å². The quantitative estimate of drug-likeness (QED) is 0.800. The van der Waals surface area contributed by atoms with Crippen LogP contribution in [0.5, 0.6) is 0 Å². The van der Waals surface area contributed by atoms with Gasteiger partial charge in [0.05, 0.1) is 30.0 Å². The molecule has 4 heteroatoms. The zero-order valence-electron chi connectivity index (χ0n) is 10.1. The summed E-state index contributed by atoms with van der Waals surface area (Å²) in [6.07, 6.45) is 3.91. The molecule has 1 heterocycles. The number of nitriles is 1. The maximum Gasteiger partial charge on any atom is 0.101 e. The van der Waals surface area contributed by atoms with E-state index in [1.807, 2.05) is 18.2 Å². The van der Waals surface area contributed by atoms with Crippen molar-refractivity contribution in [3.63, 3.8) is 0 Å². The lowest BCUT2D eigenvalue weighted by atomic mass is 10.1. The fraction of sp³-hybridized carbons (Fsp3) is 0.500. The number of benzene rings is 1. The maximum absolute atomic E-state index is 9.29. The molecule has 1 saturated heterocycles. The Morgan fingerprint density at radius 1 is 1.39 bits per heavy atom. The first-order valence-corrected chi connectivity index (χ1v) is 7.17. The molecule has 3 nitrogen and oxygen atoms in total. The highest BCUT2D eigenvalue weighted by molar-refractivity contribution is 9.10. The van der Waals surface area contributed by atoms with Gasteiger partial charge in [0, 0.05) is 11.0 Å². The lowest BCUT2D eigenvalue weighted by molar-refractivity contribution is 0.0256. The summed E-state index contributed by atoms with van der Waals surface area (Å²) >= 11 is 3.42. The fourth-order valence-corrected chi connectivity index (χ4v) is 3.43. The van der Waals surface area contributed by atoms with E-state index in [4.69, 9.17) is 4.74 Å². The van der Waals surface area contributed by atoms with Crippen molar-refractivity contribution in [3.8, 4) is 6.07 Å². The third-order valence-electron chi connectivity index (χ3n) is 3.87. The first-order chi connectivity index (χ1) is 8.79. The highest BCUT2D eigenvalue weighted by Gasteiger charge is 2.36. The SMILES string of the molecule is N#Cc1cc(Br)ccc1N1CCOC2CCCC21. The molecular weight excluding hydrogens is 292 g/mol. The summed E-state index contributed by atoms with van der Waals surface area (Å²) in [5.74, 6) is 0. The van der Waals surface area contributed by atoms with Crippen molar-refractivity contribution in [2.24, 2.45) is 0 Å². The van der Waals surface area contributed by atoms with Crippen LogP contribution in [0.4, 0.5) is 5.69 Å². The van der Waals surface area contributed by atoms with Gasteiger partial charge in [0.15, 0.2) is 0 Å². The number of hydrogen-bond acceptors (Lipinski definition) is 3. The van der Waals surface area contributed by atoms with Crippen LogP contribution in [0.1, 0.15) is 24.8 Å². The first kappa shape index (κ1) is 12.0. The predicted octanol–water partition coefficient (Wildman–Crippen LogP) is 3.08. The number of anilines is 1. The fourth-order valence-electron chi connectivity index (χ4n) is 3.07. The molecule has 94 valence electrons. The minimum Gasteiger partial charge on any atom is -0.374 e. The van der Waals surface area contributed by atoms with Crippen molar-refractivity contribution in [3.05, 3.63) is 28.2 Å². The second-order valence-electron chi connectivity index (χ2n) is 4.87. The molecule has 0 radical (unpaired) electrons. The van der Waals surface area contributed by atoms with E-state index in [0.29, 0.717) is 12.1 Å². The number of hydrogen-bond donors (Lipinski definition) is 0. The van der Waals surface area contributed by atoms with Crippen LogP contribution in [-0.2, 0) is 4.74 Å². The summed E-state index contributed by atoms with van der Waals surface area (Å²) in [7, 11) is 0. The molecule has 2 atom stereocenters. The third kappa shape index (κ3) is 2.02. The standard InChI is InChI=1S/C14H15BrN2O/c15-11-4-5-12(10(8-11)9-16)17-6-7-18-14-3-1-2-13(14)17/h4-5,8,13-14H,1-3,6-7H2. The van der Waals surface area contributed by atoms with Gasteiger partial charge in [-0.25, -0.2) is 0 Å². The van der Waals surface area contributed by atoms with Gasteiger partial charge in [-0.15, -0.1) is 0 Å². The Labute approximate surface area is 115 Å². The predicted molar refractivity (Wildman–Crippen MR) is 73.6 cm³/mol. The summed E-state index contributed by atoms with van der Waals surface area (Å²) < 4.78 is 6.77. The number of fused-ring (bicyclic) bond motifs is 1. The second-order valence-corrected chi connectivity index (χ2v) is 5.79. The van der Waals surface area contributed by atoms with Crippen molar-refractivity contribution in [2.75, 3.05) is 18.1 Å². The van der Waals surface area contributed by atoms with E-state index in [1.54, 1.807) is 0 Å². The van der Waals surface area contributed by atoms with E-state index in [9.17, 15) is 5.26 Å². The van der Waals surface area contributed by atoms with Gasteiger partial charge in [0.1, 0.15) is 6.07 Å². The van der Waals surface area contributed by atoms with Gasteiger partial charge in [0.25, 0.3) is 0 Å². The molecule has 2 unspecified atom stereocenters. The molecule has 0 aromatic heterocycles. The molecule has 2 aliphatic rings. The molecule has 1 saturated carbocycles. The molecule has 0 spiro atoms. The molecule has 1 aromatic carbocycles. The van der Waals surface area contributed by atoms with E-state index in [2.05, 4.69) is 26.9 Å². The van der Waals surface area contributed by atoms with Crippen LogP contribution in [0.15, 0.2) is 22.7 Å². The Balaban J connectivity index is 1.96. The van der Waals surface area contributed by atoms with E-state index in [1.165, 1.54) is 12.8 Å². The monoisotopic (exact) mass is 306 g/mol. The zero-order chi connectivity index (χ0) is 12.5. The lowest BCUT2D eigenvalue weighted by Gasteiger charge is -2.39. The molecule has 18 heavy (non-hydrogen) atoms. The maximum atomic E-state index is 9.29. The molecule has 0 amide bonds. The molecule has 3 rings (SSSR count). The Bertz CT molecular complexity index is 497. The molecule has 1 aromatic rings. The zero-order valence-corrected chi connectivity index (χ0v) is 11.7. The normalized spacial score (nSPS) is 26.8. The van der Waals surface area contributed by atoms with Crippen molar-refractivity contribution in [1.82, 2.24) is 0 Å². The van der Waals surface area contributed by atoms with Crippen LogP contribution >= 0.6 is 15.9 Å². The topological polar surface area (TPSA) is 36.3 Å². The second kappa shape index (κ2) is 4.91. The van der Waals surface area contributed by atoms with Crippen molar-refractivity contribution < 1.29 is 4.74 Å². The van der Waals surface area contributed by atoms with Gasteiger partial charge in [-0.3, -0.25) is 0 Å². The Morgan fingerprint density at radius 2 is 2.28 bits per heavy atom. The van der Waals surface area contributed by atoms with Gasteiger partial charge in [-0.05, 0) is 37.5 Å².